The Hall–Kier alpha value is -5.69. The molecule has 0 unspecified atom stereocenters. The van der Waals surface area contributed by atoms with E-state index in [-0.39, 0.29) is 46.7 Å². The predicted octanol–water partition coefficient (Wildman–Crippen LogP) is 3.51. The van der Waals surface area contributed by atoms with Crippen LogP contribution < -0.4 is 20.9 Å². The maximum absolute atomic E-state index is 13.0. The zero-order valence-corrected chi connectivity index (χ0v) is 27.8. The zero-order chi connectivity index (χ0) is 36.0. The van der Waals surface area contributed by atoms with Gasteiger partial charge in [0.2, 0.25) is 11.2 Å². The van der Waals surface area contributed by atoms with Gasteiger partial charge < -0.3 is 45.7 Å². The summed E-state index contributed by atoms with van der Waals surface area (Å²) in [5.74, 6) is -1.38. The molecule has 51 heavy (non-hydrogen) atoms. The number of hydrogen-bond acceptors (Lipinski definition) is 9. The number of rotatable bonds is 14. The summed E-state index contributed by atoms with van der Waals surface area (Å²) in [5.41, 5.74) is 0.708. The van der Waals surface area contributed by atoms with E-state index in [1.807, 2.05) is 24.3 Å². The molecule has 4 aromatic carbocycles. The van der Waals surface area contributed by atoms with Gasteiger partial charge in [-0.2, -0.15) is 0 Å². The lowest BCUT2D eigenvalue weighted by atomic mass is 9.86. The molecular formula is C39H40N4O8. The lowest BCUT2D eigenvalue weighted by Crippen LogP contribution is -2.37. The van der Waals surface area contributed by atoms with Crippen molar-refractivity contribution in [3.05, 3.63) is 136 Å². The van der Waals surface area contributed by atoms with Gasteiger partial charge in [-0.1, -0.05) is 60.7 Å². The quantitative estimate of drug-likeness (QED) is 0.0850. The number of aliphatic hydroxyl groups excluding tert-OH is 1. The Morgan fingerprint density at radius 3 is 2.49 bits per heavy atom. The van der Waals surface area contributed by atoms with Crippen LogP contribution in [0.2, 0.25) is 0 Å². The van der Waals surface area contributed by atoms with E-state index in [0.29, 0.717) is 42.6 Å². The van der Waals surface area contributed by atoms with E-state index in [1.54, 1.807) is 59.5 Å². The molecule has 1 aliphatic rings. The molecule has 5 aromatic rings. The van der Waals surface area contributed by atoms with Gasteiger partial charge in [0.05, 0.1) is 11.6 Å². The molecule has 3 atom stereocenters. The van der Waals surface area contributed by atoms with Gasteiger partial charge in [-0.3, -0.25) is 9.59 Å². The number of pyridine rings is 1. The number of ether oxygens (including phenoxy) is 1. The second-order valence-electron chi connectivity index (χ2n) is 12.6. The number of carbonyl (C=O) groups is 2. The minimum Gasteiger partial charge on any atom is -0.506 e. The number of aliphatic hydroxyl groups is 2. The fourth-order valence-corrected chi connectivity index (χ4v) is 6.38. The topological polar surface area (TPSA) is 184 Å². The van der Waals surface area contributed by atoms with E-state index in [2.05, 4.69) is 15.6 Å². The summed E-state index contributed by atoms with van der Waals surface area (Å²) in [6.07, 6.45) is 0.684. The fourth-order valence-electron chi connectivity index (χ4n) is 6.38. The number of anilines is 1. The number of carboxylic acid groups (broad SMARTS) is 1. The maximum Gasteiger partial charge on any atom is 0.345 e. The fraction of sp³-hybridized carbons (Fsp3) is 0.256. The number of aliphatic carboxylic acids is 1. The van der Waals surface area contributed by atoms with E-state index in [1.165, 1.54) is 24.3 Å². The normalized spacial score (nSPS) is 16.0. The molecule has 1 fully saturated rings. The third-order valence-electron chi connectivity index (χ3n) is 9.17. The Morgan fingerprint density at radius 2 is 1.73 bits per heavy atom. The first-order chi connectivity index (χ1) is 24.6. The second-order valence-corrected chi connectivity index (χ2v) is 12.6. The molecule has 7 N–H and O–H groups in total. The summed E-state index contributed by atoms with van der Waals surface area (Å²) >= 11 is 0. The summed E-state index contributed by atoms with van der Waals surface area (Å²) in [6.45, 7) is 1.79. The molecule has 1 amide bonds. The molecule has 0 bridgehead atoms. The van der Waals surface area contributed by atoms with E-state index >= 15 is 0 Å². The largest absolute Gasteiger partial charge is 0.506 e. The second kappa shape index (κ2) is 15.5. The van der Waals surface area contributed by atoms with Crippen LogP contribution in [0.3, 0.4) is 0 Å². The van der Waals surface area contributed by atoms with Gasteiger partial charge in [-0.25, -0.2) is 4.79 Å². The van der Waals surface area contributed by atoms with Crippen LogP contribution in [-0.4, -0.2) is 81.0 Å². The third-order valence-corrected chi connectivity index (χ3v) is 9.17. The monoisotopic (exact) mass is 692 g/mol. The van der Waals surface area contributed by atoms with Crippen molar-refractivity contribution in [3.8, 4) is 11.5 Å². The van der Waals surface area contributed by atoms with Gasteiger partial charge in [0.25, 0.3) is 5.91 Å². The van der Waals surface area contributed by atoms with Gasteiger partial charge in [0.15, 0.2) is 6.61 Å². The van der Waals surface area contributed by atoms with E-state index < -0.39 is 17.7 Å². The lowest BCUT2D eigenvalue weighted by molar-refractivity contribution is -0.155. The van der Waals surface area contributed by atoms with Crippen molar-refractivity contribution in [2.45, 2.75) is 30.6 Å². The van der Waals surface area contributed by atoms with Crippen molar-refractivity contribution in [2.75, 3.05) is 38.1 Å². The minimum absolute atomic E-state index is 0.0484. The molecule has 0 radical (unpaired) electrons. The number of nitrogens with one attached hydrogen (secondary N) is 3. The molecule has 1 aliphatic heterocycles. The first-order valence-electron chi connectivity index (χ1n) is 16.7. The van der Waals surface area contributed by atoms with Crippen LogP contribution in [0.25, 0.3) is 10.9 Å². The van der Waals surface area contributed by atoms with Gasteiger partial charge in [0.1, 0.15) is 11.5 Å². The average molecular weight is 693 g/mol. The molecule has 6 rings (SSSR count). The van der Waals surface area contributed by atoms with Gasteiger partial charge in [-0.15, -0.1) is 0 Å². The molecule has 12 nitrogen and oxygen atoms in total. The molecule has 2 heterocycles. The Balaban J connectivity index is 0.944. The number of fused-ring (bicyclic) bond motifs is 1. The number of H-pyrrole nitrogens is 1. The highest BCUT2D eigenvalue weighted by Gasteiger charge is 2.40. The molecule has 0 spiro atoms. The third kappa shape index (κ3) is 8.04. The van der Waals surface area contributed by atoms with E-state index in [9.17, 15) is 34.8 Å². The number of phenolic OH excluding ortho intramolecular Hbond substituents is 1. The highest BCUT2D eigenvalue weighted by molar-refractivity contribution is 5.87. The molecular weight excluding hydrogens is 652 g/mol. The number of phenols is 1. The Bertz CT molecular complexity index is 2050. The smallest absolute Gasteiger partial charge is 0.345 e. The molecule has 264 valence electrons. The van der Waals surface area contributed by atoms with E-state index in [4.69, 9.17) is 4.74 Å². The minimum atomic E-state index is -2.27. The number of carbonyl (C=O) groups excluding carboxylic acids is 1. The first kappa shape index (κ1) is 35.1. The number of aromatic nitrogens is 1. The number of carboxylic acids is 1. The SMILES string of the molecule is O=C(COc1cccc([C@](O)(C(=O)O)c2ccccc2)c1)N1CC[C@@H](Nc2ccc(CCNC[C@H](O)c3ccc(O)c4[nH]c(=O)ccc34)cc2)C1. The van der Waals surface area contributed by atoms with Crippen molar-refractivity contribution >= 4 is 28.5 Å². The number of hydrogen-bond donors (Lipinski definition) is 7. The summed E-state index contributed by atoms with van der Waals surface area (Å²) in [7, 11) is 0. The highest BCUT2D eigenvalue weighted by atomic mass is 16.5. The van der Waals surface area contributed by atoms with Crippen LogP contribution in [0, 0.1) is 0 Å². The standard InChI is InChI=1S/C39H40N4O8/c44-33-15-13-31(32-14-16-35(46)42-37(32)33)34(45)22-40-19-17-25-9-11-28(12-10-25)41-29-18-20-43(23-29)36(47)24-51-30-8-4-7-27(21-30)39(50,38(48)49)26-5-2-1-3-6-26/h1-16,21,29,34,40-41,44-45,50H,17-20,22-24H2,(H,42,46)(H,48,49)/t29-,34+,39+/m1/s1. The molecule has 12 heteroatoms. The molecule has 1 aromatic heterocycles. The first-order valence-corrected chi connectivity index (χ1v) is 16.7. The number of aromatic amines is 1. The lowest BCUT2D eigenvalue weighted by Gasteiger charge is -2.25. The van der Waals surface area contributed by atoms with Crippen LogP contribution in [-0.2, 0) is 21.6 Å². The maximum atomic E-state index is 13.0. The van der Waals surface area contributed by atoms with Crippen molar-refractivity contribution in [3.63, 3.8) is 0 Å². The highest BCUT2D eigenvalue weighted by Crippen LogP contribution is 2.32. The van der Waals surface area contributed by atoms with Crippen LogP contribution in [0.15, 0.2) is 108 Å². The Morgan fingerprint density at radius 1 is 0.961 bits per heavy atom. The Kier molecular flexibility index (Phi) is 10.7. The predicted molar refractivity (Wildman–Crippen MR) is 192 cm³/mol. The molecule has 1 saturated heterocycles. The summed E-state index contributed by atoms with van der Waals surface area (Å²) in [6, 6.07) is 28.5. The van der Waals surface area contributed by atoms with Crippen molar-refractivity contribution in [1.29, 1.82) is 0 Å². The summed E-state index contributed by atoms with van der Waals surface area (Å²) in [4.78, 5) is 41.1. The van der Waals surface area contributed by atoms with Crippen LogP contribution in [0.4, 0.5) is 5.69 Å². The number of likely N-dealkylation sites (tertiary alicyclic amines) is 1. The number of amides is 1. The number of aromatic hydroxyl groups is 1. The number of benzene rings is 4. The van der Waals surface area contributed by atoms with Crippen LogP contribution >= 0.6 is 0 Å². The van der Waals surface area contributed by atoms with Crippen molar-refractivity contribution in [1.82, 2.24) is 15.2 Å². The number of nitrogens with zero attached hydrogens (tertiary/aromatic N) is 1. The van der Waals surface area contributed by atoms with Crippen molar-refractivity contribution < 1.29 is 34.8 Å². The average Bonchev–Trinajstić information content (AvgIpc) is 3.62. The van der Waals surface area contributed by atoms with Gasteiger partial charge >= 0.3 is 5.97 Å². The zero-order valence-electron chi connectivity index (χ0n) is 27.8. The van der Waals surface area contributed by atoms with Gasteiger partial charge in [0, 0.05) is 48.4 Å². The Labute approximate surface area is 294 Å². The van der Waals surface area contributed by atoms with Crippen LogP contribution in [0.5, 0.6) is 11.5 Å². The molecule has 0 aliphatic carbocycles. The van der Waals surface area contributed by atoms with E-state index in [0.717, 1.165) is 24.1 Å². The molecule has 0 saturated carbocycles. The van der Waals surface area contributed by atoms with Crippen molar-refractivity contribution in [2.24, 2.45) is 0 Å². The summed E-state index contributed by atoms with van der Waals surface area (Å²) < 4.78 is 5.74. The summed E-state index contributed by atoms with van der Waals surface area (Å²) in [5, 5.41) is 49.2. The van der Waals surface area contributed by atoms with Gasteiger partial charge in [-0.05, 0) is 72.5 Å². The van der Waals surface area contributed by atoms with Crippen LogP contribution in [0.1, 0.15) is 34.8 Å².